The van der Waals surface area contributed by atoms with E-state index in [-0.39, 0.29) is 15.4 Å². The molecule has 0 aliphatic rings. The molecular weight excluding hydrogens is 296 g/mol. The molecule has 1 N–H and O–H groups in total. The molecule has 3 rings (SSSR count). The predicted molar refractivity (Wildman–Crippen MR) is 79.4 cm³/mol. The topological polar surface area (TPSA) is 67.8 Å². The van der Waals surface area contributed by atoms with Crippen LogP contribution in [0.4, 0.5) is 5.69 Å². The lowest BCUT2D eigenvalue weighted by atomic mass is 10.1. The maximum atomic E-state index is 12.1. The molecule has 0 atom stereocenters. The van der Waals surface area contributed by atoms with Crippen LogP contribution in [0.25, 0.3) is 10.9 Å². The molecule has 2 heterocycles. The Balaban J connectivity index is 1.99. The summed E-state index contributed by atoms with van der Waals surface area (Å²) in [5, 5.41) is 11.3. The Morgan fingerprint density at radius 2 is 2.15 bits per heavy atom. The van der Waals surface area contributed by atoms with Crippen LogP contribution in [0.1, 0.15) is 15.4 Å². The van der Waals surface area contributed by atoms with Crippen molar-refractivity contribution in [2.45, 2.75) is 6.92 Å². The number of anilines is 1. The second-order valence-corrected chi connectivity index (χ2v) is 5.70. The number of nitrogens with one attached hydrogen (secondary N) is 1. The minimum absolute atomic E-state index is 0.229. The number of pyridine rings is 1. The maximum absolute atomic E-state index is 12.1. The Morgan fingerprint density at radius 3 is 2.90 bits per heavy atom. The van der Waals surface area contributed by atoms with E-state index in [0.29, 0.717) is 5.69 Å². The summed E-state index contributed by atoms with van der Waals surface area (Å²) in [7, 11) is 0. The van der Waals surface area contributed by atoms with Crippen LogP contribution in [-0.2, 0) is 0 Å². The standard InChI is InChI=1S/C13H9ClN4OS/c1-7-4-5-9(8-3-2-6-15-10(7)8)16-11(19)12-17-18-13(14)20-12/h2-6H,1H3,(H,16,19). The van der Waals surface area contributed by atoms with Crippen molar-refractivity contribution in [2.75, 3.05) is 5.32 Å². The minimum atomic E-state index is -0.330. The van der Waals surface area contributed by atoms with Crippen LogP contribution in [0.5, 0.6) is 0 Å². The smallest absolute Gasteiger partial charge is 0.286 e. The Kier molecular flexibility index (Phi) is 3.33. The SMILES string of the molecule is Cc1ccc(NC(=O)c2nnc(Cl)s2)c2cccnc12. The van der Waals surface area contributed by atoms with E-state index in [1.165, 1.54) is 0 Å². The second-order valence-electron chi connectivity index (χ2n) is 4.14. The summed E-state index contributed by atoms with van der Waals surface area (Å²) in [6, 6.07) is 7.51. The number of amides is 1. The van der Waals surface area contributed by atoms with Gasteiger partial charge in [-0.25, -0.2) is 0 Å². The highest BCUT2D eigenvalue weighted by molar-refractivity contribution is 7.17. The average Bonchev–Trinajstić information content (AvgIpc) is 2.89. The summed E-state index contributed by atoms with van der Waals surface area (Å²) in [5.41, 5.74) is 2.60. The molecule has 0 aliphatic heterocycles. The summed E-state index contributed by atoms with van der Waals surface area (Å²) in [6.45, 7) is 1.98. The summed E-state index contributed by atoms with van der Waals surface area (Å²) in [6.07, 6.45) is 1.73. The van der Waals surface area contributed by atoms with Gasteiger partial charge in [-0.2, -0.15) is 0 Å². The molecule has 0 spiro atoms. The van der Waals surface area contributed by atoms with Crippen LogP contribution in [0.15, 0.2) is 30.5 Å². The van der Waals surface area contributed by atoms with Crippen molar-refractivity contribution in [2.24, 2.45) is 0 Å². The zero-order valence-corrected chi connectivity index (χ0v) is 12.0. The number of carbonyl (C=O) groups is 1. The van der Waals surface area contributed by atoms with E-state index in [0.717, 1.165) is 27.8 Å². The van der Waals surface area contributed by atoms with Crippen molar-refractivity contribution in [3.05, 3.63) is 45.5 Å². The largest absolute Gasteiger partial charge is 0.319 e. The lowest BCUT2D eigenvalue weighted by Crippen LogP contribution is -2.12. The van der Waals surface area contributed by atoms with Crippen molar-refractivity contribution >= 4 is 45.4 Å². The van der Waals surface area contributed by atoms with Crippen molar-refractivity contribution in [3.63, 3.8) is 0 Å². The van der Waals surface area contributed by atoms with Crippen LogP contribution in [-0.4, -0.2) is 21.1 Å². The molecule has 1 aromatic carbocycles. The minimum Gasteiger partial charge on any atom is -0.319 e. The quantitative estimate of drug-likeness (QED) is 0.788. The third-order valence-electron chi connectivity index (χ3n) is 2.81. The molecule has 1 amide bonds. The van der Waals surface area contributed by atoms with Crippen LogP contribution in [0.2, 0.25) is 4.47 Å². The van der Waals surface area contributed by atoms with E-state index in [9.17, 15) is 4.79 Å². The molecule has 0 bridgehead atoms. The Hall–Kier alpha value is -2.05. The molecule has 20 heavy (non-hydrogen) atoms. The number of halogens is 1. The first kappa shape index (κ1) is 13.0. The van der Waals surface area contributed by atoms with E-state index >= 15 is 0 Å². The molecule has 2 aromatic heterocycles. The number of hydrogen-bond donors (Lipinski definition) is 1. The summed E-state index contributed by atoms with van der Waals surface area (Å²) < 4.78 is 0.241. The fourth-order valence-corrected chi connectivity index (χ4v) is 2.62. The predicted octanol–water partition coefficient (Wildman–Crippen LogP) is 3.30. The van der Waals surface area contributed by atoms with Gasteiger partial charge in [-0.15, -0.1) is 10.2 Å². The molecular formula is C13H9ClN4OS. The van der Waals surface area contributed by atoms with Gasteiger partial charge in [-0.05, 0) is 42.3 Å². The fourth-order valence-electron chi connectivity index (χ4n) is 1.90. The van der Waals surface area contributed by atoms with Crippen molar-refractivity contribution in [3.8, 4) is 0 Å². The number of nitrogens with zero attached hydrogens (tertiary/aromatic N) is 3. The maximum Gasteiger partial charge on any atom is 0.286 e. The third-order valence-corrected chi connectivity index (χ3v) is 3.83. The molecule has 3 aromatic rings. The number of aromatic nitrogens is 3. The van der Waals surface area contributed by atoms with Gasteiger partial charge in [-0.1, -0.05) is 17.4 Å². The van der Waals surface area contributed by atoms with Gasteiger partial charge in [0.1, 0.15) is 0 Å². The summed E-state index contributed by atoms with van der Waals surface area (Å²) in [4.78, 5) is 16.4. The summed E-state index contributed by atoms with van der Waals surface area (Å²) in [5.74, 6) is -0.330. The van der Waals surface area contributed by atoms with Crippen molar-refractivity contribution in [1.82, 2.24) is 15.2 Å². The first-order chi connectivity index (χ1) is 9.65. The number of carbonyl (C=O) groups excluding carboxylic acids is 1. The lowest BCUT2D eigenvalue weighted by molar-refractivity contribution is 0.102. The van der Waals surface area contributed by atoms with Crippen molar-refractivity contribution < 1.29 is 4.79 Å². The Labute approximate surface area is 123 Å². The first-order valence-corrected chi connectivity index (χ1v) is 6.99. The molecule has 100 valence electrons. The number of rotatable bonds is 2. The third kappa shape index (κ3) is 2.35. The zero-order chi connectivity index (χ0) is 14.1. The molecule has 5 nitrogen and oxygen atoms in total. The van der Waals surface area contributed by atoms with E-state index in [2.05, 4.69) is 20.5 Å². The van der Waals surface area contributed by atoms with E-state index in [4.69, 9.17) is 11.6 Å². The van der Waals surface area contributed by atoms with Gasteiger partial charge in [0, 0.05) is 11.6 Å². The zero-order valence-electron chi connectivity index (χ0n) is 10.4. The van der Waals surface area contributed by atoms with Gasteiger partial charge < -0.3 is 5.32 Å². The van der Waals surface area contributed by atoms with Gasteiger partial charge in [0.05, 0.1) is 11.2 Å². The van der Waals surface area contributed by atoms with E-state index in [1.54, 1.807) is 6.20 Å². The van der Waals surface area contributed by atoms with Gasteiger partial charge >= 0.3 is 0 Å². The highest BCUT2D eigenvalue weighted by atomic mass is 35.5. The molecule has 0 saturated carbocycles. The van der Waals surface area contributed by atoms with E-state index in [1.807, 2.05) is 31.2 Å². The monoisotopic (exact) mass is 304 g/mol. The van der Waals surface area contributed by atoms with Gasteiger partial charge in [0.25, 0.3) is 5.91 Å². The first-order valence-electron chi connectivity index (χ1n) is 5.80. The number of benzene rings is 1. The van der Waals surface area contributed by atoms with Crippen molar-refractivity contribution in [1.29, 1.82) is 0 Å². The number of aryl methyl sites for hydroxylation is 1. The van der Waals surface area contributed by atoms with Crippen LogP contribution in [0.3, 0.4) is 0 Å². The molecule has 0 fully saturated rings. The molecule has 0 aliphatic carbocycles. The number of hydrogen-bond acceptors (Lipinski definition) is 5. The number of fused-ring (bicyclic) bond motifs is 1. The Bertz CT molecular complexity index is 802. The highest BCUT2D eigenvalue weighted by Gasteiger charge is 2.14. The average molecular weight is 305 g/mol. The normalized spacial score (nSPS) is 10.7. The highest BCUT2D eigenvalue weighted by Crippen LogP contribution is 2.25. The van der Waals surface area contributed by atoms with Crippen LogP contribution >= 0.6 is 22.9 Å². The van der Waals surface area contributed by atoms with Crippen LogP contribution < -0.4 is 5.32 Å². The van der Waals surface area contributed by atoms with Crippen LogP contribution in [0, 0.1) is 6.92 Å². The lowest BCUT2D eigenvalue weighted by Gasteiger charge is -2.08. The fraction of sp³-hybridized carbons (Fsp3) is 0.0769. The summed E-state index contributed by atoms with van der Waals surface area (Å²) >= 11 is 6.72. The molecule has 7 heteroatoms. The van der Waals surface area contributed by atoms with Gasteiger partial charge in [0.2, 0.25) is 9.47 Å². The van der Waals surface area contributed by atoms with Gasteiger partial charge in [-0.3, -0.25) is 9.78 Å². The van der Waals surface area contributed by atoms with Gasteiger partial charge in [0.15, 0.2) is 0 Å². The molecule has 0 saturated heterocycles. The van der Waals surface area contributed by atoms with E-state index < -0.39 is 0 Å². The molecule has 0 unspecified atom stereocenters. The molecule has 0 radical (unpaired) electrons. The Morgan fingerprint density at radius 1 is 1.30 bits per heavy atom. The second kappa shape index (κ2) is 5.15.